The molecule has 1 aliphatic heterocycles. The zero-order chi connectivity index (χ0) is 33.1. The molecule has 1 aromatic heterocycles. The lowest BCUT2D eigenvalue weighted by atomic mass is 9.83. The van der Waals surface area contributed by atoms with Crippen LogP contribution in [0.4, 0.5) is 0 Å². The maximum atomic E-state index is 13.5. The van der Waals surface area contributed by atoms with E-state index in [1.54, 1.807) is 0 Å². The zero-order valence-corrected chi connectivity index (χ0v) is 28.1. The van der Waals surface area contributed by atoms with Crippen molar-refractivity contribution in [2.75, 3.05) is 28.4 Å². The first-order valence-corrected chi connectivity index (χ1v) is 15.2. The molecule has 0 spiro atoms. The number of allylic oxidation sites excluding steroid dienone is 1. The van der Waals surface area contributed by atoms with Gasteiger partial charge in [-0.3, -0.25) is 24.2 Å². The van der Waals surface area contributed by atoms with Crippen LogP contribution in [0, 0.1) is 0 Å². The smallest absolute Gasteiger partial charge is 0.355 e. The molecule has 0 saturated heterocycles. The Bertz CT molecular complexity index is 1490. The first-order valence-electron chi connectivity index (χ1n) is 14.1. The molecule has 0 radical (unpaired) electrons. The number of carbonyl (C=O) groups is 5. The van der Waals surface area contributed by atoms with Crippen molar-refractivity contribution in [2.24, 2.45) is 4.99 Å². The van der Waals surface area contributed by atoms with E-state index in [0.717, 1.165) is 11.1 Å². The molecular weight excluding hydrogens is 699 g/mol. The van der Waals surface area contributed by atoms with Crippen LogP contribution in [0.1, 0.15) is 65.5 Å². The lowest BCUT2D eigenvalue weighted by Crippen LogP contribution is -2.29. The van der Waals surface area contributed by atoms with Gasteiger partial charge in [0.1, 0.15) is 12.3 Å². The Kier molecular flexibility index (Phi) is 12.9. The summed E-state index contributed by atoms with van der Waals surface area (Å²) in [6.45, 7) is 1.84. The SMILES string of the molecule is COC(=O)CCC1=C(CC(=O)OC)C(C)(Cc2[nH]c(C(=O)OCc3ccccc3)c(CCC(=O)OC)c2CC(=O)OC)N=C1I. The number of methoxy groups -OCH3 is 4. The van der Waals surface area contributed by atoms with Gasteiger partial charge in [-0.2, -0.15) is 0 Å². The maximum absolute atomic E-state index is 13.5. The van der Waals surface area contributed by atoms with Crippen molar-refractivity contribution < 1.29 is 47.7 Å². The summed E-state index contributed by atoms with van der Waals surface area (Å²) in [4.78, 5) is 70.8. The van der Waals surface area contributed by atoms with Gasteiger partial charge in [0.25, 0.3) is 0 Å². The standard InChI is InChI=1S/C32H37IN2O10/c1-32(23(16-28(39)44-5)21(30(33)35-32)12-14-26(37)42-3)17-24-22(15-27(38)43-4)20(11-13-25(36)41-2)29(34-24)31(40)45-18-19-9-7-6-8-10-19/h6-10,34H,11-18H2,1-5H3. The lowest BCUT2D eigenvalue weighted by molar-refractivity contribution is -0.141. The molecule has 2 heterocycles. The summed E-state index contributed by atoms with van der Waals surface area (Å²) in [5.41, 5.74) is 2.59. The topological polar surface area (TPSA) is 160 Å². The lowest BCUT2D eigenvalue weighted by Gasteiger charge is -2.26. The van der Waals surface area contributed by atoms with Crippen molar-refractivity contribution >= 4 is 56.2 Å². The van der Waals surface area contributed by atoms with E-state index < -0.39 is 35.4 Å². The fraction of sp³-hybridized carbons (Fsp3) is 0.438. The highest BCUT2D eigenvalue weighted by Gasteiger charge is 2.40. The van der Waals surface area contributed by atoms with Crippen LogP contribution in [0.3, 0.4) is 0 Å². The number of aromatic nitrogens is 1. The second-order valence-electron chi connectivity index (χ2n) is 10.5. The molecule has 0 saturated carbocycles. The van der Waals surface area contributed by atoms with E-state index in [0.29, 0.717) is 26.1 Å². The third-order valence-electron chi connectivity index (χ3n) is 7.56. The third kappa shape index (κ3) is 9.25. The van der Waals surface area contributed by atoms with E-state index in [1.807, 2.05) is 37.3 Å². The molecule has 1 aromatic carbocycles. The summed E-state index contributed by atoms with van der Waals surface area (Å²) in [7, 11) is 5.12. The first-order chi connectivity index (χ1) is 21.5. The highest BCUT2D eigenvalue weighted by atomic mass is 127. The van der Waals surface area contributed by atoms with Crippen molar-refractivity contribution in [3.05, 3.63) is 69.6 Å². The maximum Gasteiger partial charge on any atom is 0.355 e. The summed E-state index contributed by atoms with van der Waals surface area (Å²) >= 11 is 2.07. The number of halogens is 1. The van der Waals surface area contributed by atoms with Gasteiger partial charge in [0, 0.05) is 25.0 Å². The monoisotopic (exact) mass is 736 g/mol. The average Bonchev–Trinajstić information content (AvgIpc) is 3.48. The Hall–Kier alpha value is -4.01. The summed E-state index contributed by atoms with van der Waals surface area (Å²) in [5.74, 6) is -2.62. The second-order valence-corrected chi connectivity index (χ2v) is 11.5. The number of hydrogen-bond donors (Lipinski definition) is 1. The van der Waals surface area contributed by atoms with Crippen LogP contribution in [-0.4, -0.2) is 72.5 Å². The number of aliphatic imine (C=N–C) groups is 1. The van der Waals surface area contributed by atoms with Crippen molar-refractivity contribution in [2.45, 2.75) is 64.0 Å². The highest BCUT2D eigenvalue weighted by molar-refractivity contribution is 14.1. The van der Waals surface area contributed by atoms with Crippen LogP contribution in [0.2, 0.25) is 0 Å². The molecule has 13 heteroatoms. The number of nitrogens with zero attached hydrogens (tertiary/aromatic N) is 1. The predicted octanol–water partition coefficient (Wildman–Crippen LogP) is 4.15. The van der Waals surface area contributed by atoms with Crippen LogP contribution < -0.4 is 0 Å². The minimum absolute atomic E-state index is 0.00652. The van der Waals surface area contributed by atoms with Crippen molar-refractivity contribution in [3.63, 3.8) is 0 Å². The van der Waals surface area contributed by atoms with Gasteiger partial charge in [0.05, 0.1) is 50.5 Å². The van der Waals surface area contributed by atoms with Gasteiger partial charge in [-0.1, -0.05) is 30.3 Å². The van der Waals surface area contributed by atoms with Crippen LogP contribution >= 0.6 is 22.6 Å². The minimum Gasteiger partial charge on any atom is -0.469 e. The number of ether oxygens (including phenoxy) is 5. The Labute approximate surface area is 275 Å². The van der Waals surface area contributed by atoms with Crippen LogP contribution in [0.5, 0.6) is 0 Å². The van der Waals surface area contributed by atoms with Gasteiger partial charge < -0.3 is 28.7 Å². The third-order valence-corrected chi connectivity index (χ3v) is 8.46. The van der Waals surface area contributed by atoms with Crippen molar-refractivity contribution in [1.29, 1.82) is 0 Å². The number of nitrogens with one attached hydrogen (secondary N) is 1. The largest absolute Gasteiger partial charge is 0.469 e. The van der Waals surface area contributed by atoms with E-state index in [1.165, 1.54) is 28.4 Å². The molecule has 45 heavy (non-hydrogen) atoms. The van der Waals surface area contributed by atoms with Gasteiger partial charge in [0.2, 0.25) is 0 Å². The highest BCUT2D eigenvalue weighted by Crippen LogP contribution is 2.41. The normalized spacial score (nSPS) is 15.7. The van der Waals surface area contributed by atoms with E-state index in [4.69, 9.17) is 28.7 Å². The Morgan fingerprint density at radius 1 is 0.800 bits per heavy atom. The van der Waals surface area contributed by atoms with Crippen LogP contribution in [0.15, 0.2) is 46.5 Å². The van der Waals surface area contributed by atoms with Gasteiger partial charge in [-0.05, 0) is 70.2 Å². The number of carbonyl (C=O) groups excluding carboxylic acids is 5. The average molecular weight is 737 g/mol. The number of hydrogen-bond acceptors (Lipinski definition) is 11. The molecular formula is C32H37IN2O10. The molecule has 1 aliphatic rings. The molecule has 1 atom stereocenters. The Morgan fingerprint density at radius 3 is 1.98 bits per heavy atom. The quantitative estimate of drug-likeness (QED) is 0.160. The molecule has 1 unspecified atom stereocenters. The number of benzene rings is 1. The molecule has 12 nitrogen and oxygen atoms in total. The summed E-state index contributed by atoms with van der Waals surface area (Å²) < 4.78 is 25.8. The molecule has 1 N–H and O–H groups in total. The molecule has 242 valence electrons. The molecule has 0 amide bonds. The predicted molar refractivity (Wildman–Crippen MR) is 171 cm³/mol. The van der Waals surface area contributed by atoms with E-state index >= 15 is 0 Å². The van der Waals surface area contributed by atoms with E-state index in [2.05, 4.69) is 27.6 Å². The van der Waals surface area contributed by atoms with E-state index in [9.17, 15) is 24.0 Å². The summed E-state index contributed by atoms with van der Waals surface area (Å²) in [6, 6.07) is 9.15. The Balaban J connectivity index is 2.11. The fourth-order valence-corrected chi connectivity index (χ4v) is 6.31. The number of H-pyrrole nitrogens is 1. The van der Waals surface area contributed by atoms with Gasteiger partial charge in [0.15, 0.2) is 0 Å². The first kappa shape index (κ1) is 35.5. The van der Waals surface area contributed by atoms with Gasteiger partial charge in [-0.25, -0.2) is 4.79 Å². The summed E-state index contributed by atoms with van der Waals surface area (Å²) in [6.07, 6.45) is 0.243. The number of rotatable bonds is 15. The molecule has 0 aliphatic carbocycles. The summed E-state index contributed by atoms with van der Waals surface area (Å²) in [5, 5.41) is 0. The Morgan fingerprint density at radius 2 is 1.38 bits per heavy atom. The van der Waals surface area contributed by atoms with Gasteiger partial charge >= 0.3 is 29.8 Å². The van der Waals surface area contributed by atoms with Crippen molar-refractivity contribution in [1.82, 2.24) is 4.98 Å². The second kappa shape index (κ2) is 16.3. The van der Waals surface area contributed by atoms with Crippen LogP contribution in [0.25, 0.3) is 0 Å². The zero-order valence-electron chi connectivity index (χ0n) is 26.0. The molecule has 2 aromatic rings. The number of aromatic amines is 1. The minimum atomic E-state index is -1.02. The van der Waals surface area contributed by atoms with Crippen LogP contribution in [-0.2, 0) is 68.7 Å². The van der Waals surface area contributed by atoms with Crippen molar-refractivity contribution in [3.8, 4) is 0 Å². The molecule has 0 bridgehead atoms. The molecule has 3 rings (SSSR count). The number of esters is 5. The fourth-order valence-electron chi connectivity index (χ4n) is 5.18. The van der Waals surface area contributed by atoms with E-state index in [-0.39, 0.29) is 57.2 Å². The molecule has 0 fully saturated rings. The van der Waals surface area contributed by atoms with Gasteiger partial charge in [-0.15, -0.1) is 0 Å².